The van der Waals surface area contributed by atoms with Crippen LogP contribution < -0.4 is 14.8 Å². The monoisotopic (exact) mass is 341 g/mol. The molecule has 3 aromatic rings. The van der Waals surface area contributed by atoms with Crippen LogP contribution in [0, 0.1) is 6.92 Å². The number of amides is 1. The van der Waals surface area contributed by atoms with E-state index in [1.165, 1.54) is 0 Å². The Morgan fingerprint density at radius 1 is 1.33 bits per heavy atom. The molecule has 4 rings (SSSR count). The molecule has 1 aromatic carbocycles. The lowest BCUT2D eigenvalue weighted by molar-refractivity contribution is 0.102. The number of thiazole rings is 1. The molecule has 0 aliphatic carbocycles. The summed E-state index contributed by atoms with van der Waals surface area (Å²) >= 11 is 1.58. The van der Waals surface area contributed by atoms with Crippen molar-refractivity contribution in [1.82, 2.24) is 9.97 Å². The third-order valence-electron chi connectivity index (χ3n) is 3.66. The van der Waals surface area contributed by atoms with Crippen molar-refractivity contribution in [3.8, 4) is 22.8 Å². The van der Waals surface area contributed by atoms with Gasteiger partial charge in [0.2, 0.25) is 0 Å². The number of aromatic amines is 1. The van der Waals surface area contributed by atoms with Gasteiger partial charge in [0, 0.05) is 17.1 Å². The second kappa shape index (κ2) is 6.01. The topological polar surface area (TPSA) is 76.2 Å². The van der Waals surface area contributed by atoms with Crippen LogP contribution in [0.1, 0.15) is 15.5 Å². The smallest absolute Gasteiger partial charge is 0.272 e. The Morgan fingerprint density at radius 3 is 3.04 bits per heavy atom. The molecule has 2 aromatic heterocycles. The van der Waals surface area contributed by atoms with E-state index in [2.05, 4.69) is 15.3 Å². The fraction of sp³-hybridized carbons (Fsp3) is 0.176. The number of nitrogens with one attached hydrogen (secondary N) is 2. The maximum absolute atomic E-state index is 12.5. The summed E-state index contributed by atoms with van der Waals surface area (Å²) in [6.07, 6.45) is 1.78. The van der Waals surface area contributed by atoms with E-state index in [1.807, 2.05) is 24.4 Å². The van der Waals surface area contributed by atoms with Crippen LogP contribution in [0.15, 0.2) is 35.8 Å². The van der Waals surface area contributed by atoms with Gasteiger partial charge in [-0.25, -0.2) is 4.98 Å². The number of nitrogens with zero attached hydrogens (tertiary/aromatic N) is 1. The van der Waals surface area contributed by atoms with Crippen molar-refractivity contribution in [2.75, 3.05) is 18.5 Å². The van der Waals surface area contributed by atoms with Crippen LogP contribution in [0.4, 0.5) is 5.69 Å². The standard InChI is InChI=1S/C17H15N3O3S/c1-10-19-14(9-24-10)11-7-13(18-8-11)17(21)20-12-3-2-4-15-16(12)23-6-5-22-15/h2-4,7-9,18H,5-6H2,1H3,(H,20,21). The van der Waals surface area contributed by atoms with E-state index in [0.29, 0.717) is 36.1 Å². The van der Waals surface area contributed by atoms with Crippen LogP contribution in [0.5, 0.6) is 11.5 Å². The van der Waals surface area contributed by atoms with Gasteiger partial charge in [0.05, 0.1) is 16.4 Å². The number of carbonyl (C=O) groups is 1. The van der Waals surface area contributed by atoms with Crippen LogP contribution in [0.2, 0.25) is 0 Å². The zero-order chi connectivity index (χ0) is 16.5. The summed E-state index contributed by atoms with van der Waals surface area (Å²) in [5.41, 5.74) is 2.81. The van der Waals surface area contributed by atoms with Gasteiger partial charge in [-0.3, -0.25) is 4.79 Å². The second-order valence-electron chi connectivity index (χ2n) is 5.34. The van der Waals surface area contributed by atoms with E-state index in [4.69, 9.17) is 9.47 Å². The number of rotatable bonds is 3. The molecule has 1 aliphatic rings. The number of para-hydroxylation sites is 1. The van der Waals surface area contributed by atoms with Crippen molar-refractivity contribution >= 4 is 22.9 Å². The fourth-order valence-corrected chi connectivity index (χ4v) is 3.15. The first kappa shape index (κ1) is 14.8. The third-order valence-corrected chi connectivity index (χ3v) is 4.43. The van der Waals surface area contributed by atoms with E-state index >= 15 is 0 Å². The van der Waals surface area contributed by atoms with E-state index in [0.717, 1.165) is 16.3 Å². The molecule has 24 heavy (non-hydrogen) atoms. The summed E-state index contributed by atoms with van der Waals surface area (Å²) < 4.78 is 11.1. The first-order valence-electron chi connectivity index (χ1n) is 7.51. The van der Waals surface area contributed by atoms with Crippen LogP contribution >= 0.6 is 11.3 Å². The van der Waals surface area contributed by atoms with E-state index in [1.54, 1.807) is 29.7 Å². The van der Waals surface area contributed by atoms with Gasteiger partial charge in [0.15, 0.2) is 11.5 Å². The van der Waals surface area contributed by atoms with Gasteiger partial charge in [-0.2, -0.15) is 0 Å². The summed E-state index contributed by atoms with van der Waals surface area (Å²) in [5.74, 6) is 0.971. The third kappa shape index (κ3) is 2.74. The molecule has 7 heteroatoms. The Labute approximate surface area is 142 Å². The number of hydrogen-bond acceptors (Lipinski definition) is 5. The molecule has 3 heterocycles. The Kier molecular flexibility index (Phi) is 3.70. The Bertz CT molecular complexity index is 900. The minimum atomic E-state index is -0.240. The van der Waals surface area contributed by atoms with Crippen molar-refractivity contribution < 1.29 is 14.3 Å². The molecule has 6 nitrogen and oxygen atoms in total. The average molecular weight is 341 g/mol. The Hall–Kier alpha value is -2.80. The van der Waals surface area contributed by atoms with Gasteiger partial charge in [-0.15, -0.1) is 11.3 Å². The first-order chi connectivity index (χ1) is 11.7. The molecule has 1 amide bonds. The van der Waals surface area contributed by atoms with Crippen LogP contribution in [0.3, 0.4) is 0 Å². The summed E-state index contributed by atoms with van der Waals surface area (Å²) in [7, 11) is 0. The van der Waals surface area contributed by atoms with Crippen LogP contribution in [-0.4, -0.2) is 29.1 Å². The van der Waals surface area contributed by atoms with E-state index in [-0.39, 0.29) is 5.91 Å². The lowest BCUT2D eigenvalue weighted by Crippen LogP contribution is -2.18. The Morgan fingerprint density at radius 2 is 2.21 bits per heavy atom. The number of aromatic nitrogens is 2. The highest BCUT2D eigenvalue weighted by atomic mass is 32.1. The largest absolute Gasteiger partial charge is 0.486 e. The van der Waals surface area contributed by atoms with Gasteiger partial charge < -0.3 is 19.8 Å². The number of aryl methyl sites for hydroxylation is 1. The lowest BCUT2D eigenvalue weighted by Gasteiger charge is -2.20. The molecule has 0 atom stereocenters. The fourth-order valence-electron chi connectivity index (χ4n) is 2.53. The number of anilines is 1. The molecule has 0 spiro atoms. The first-order valence-corrected chi connectivity index (χ1v) is 8.39. The highest BCUT2D eigenvalue weighted by molar-refractivity contribution is 7.09. The number of benzene rings is 1. The van der Waals surface area contributed by atoms with Crippen molar-refractivity contribution in [3.63, 3.8) is 0 Å². The Balaban J connectivity index is 1.56. The zero-order valence-corrected chi connectivity index (χ0v) is 13.8. The predicted molar refractivity (Wildman–Crippen MR) is 92.0 cm³/mol. The number of carbonyl (C=O) groups excluding carboxylic acids is 1. The van der Waals surface area contributed by atoms with Gasteiger partial charge in [-0.05, 0) is 25.1 Å². The summed E-state index contributed by atoms with van der Waals surface area (Å²) in [6, 6.07) is 7.22. The minimum Gasteiger partial charge on any atom is -0.486 e. The van der Waals surface area contributed by atoms with Crippen molar-refractivity contribution in [1.29, 1.82) is 0 Å². The molecule has 1 aliphatic heterocycles. The molecule has 0 bridgehead atoms. The average Bonchev–Trinajstić information content (AvgIpc) is 3.24. The quantitative estimate of drug-likeness (QED) is 0.765. The molecule has 122 valence electrons. The maximum Gasteiger partial charge on any atom is 0.272 e. The number of fused-ring (bicyclic) bond motifs is 1. The van der Waals surface area contributed by atoms with E-state index in [9.17, 15) is 4.79 Å². The summed E-state index contributed by atoms with van der Waals surface area (Å²) in [4.78, 5) is 19.9. The van der Waals surface area contributed by atoms with Crippen molar-refractivity contribution in [2.45, 2.75) is 6.92 Å². The maximum atomic E-state index is 12.5. The summed E-state index contributed by atoms with van der Waals surface area (Å²) in [5, 5.41) is 5.83. The molecule has 0 saturated carbocycles. The van der Waals surface area contributed by atoms with Gasteiger partial charge in [0.25, 0.3) is 5.91 Å². The van der Waals surface area contributed by atoms with E-state index < -0.39 is 0 Å². The predicted octanol–water partition coefficient (Wildman–Crippen LogP) is 3.47. The molecule has 0 fully saturated rings. The van der Waals surface area contributed by atoms with Gasteiger partial charge >= 0.3 is 0 Å². The molecule has 0 unspecified atom stereocenters. The molecular weight excluding hydrogens is 326 g/mol. The number of hydrogen-bond donors (Lipinski definition) is 2. The second-order valence-corrected chi connectivity index (χ2v) is 6.40. The molecule has 2 N–H and O–H groups in total. The molecule has 0 saturated heterocycles. The summed E-state index contributed by atoms with van der Waals surface area (Å²) in [6.45, 7) is 2.93. The highest BCUT2D eigenvalue weighted by Gasteiger charge is 2.18. The van der Waals surface area contributed by atoms with Crippen LogP contribution in [0.25, 0.3) is 11.3 Å². The SMILES string of the molecule is Cc1nc(-c2c[nH]c(C(=O)Nc3cccc4c3OCCO4)c2)cs1. The zero-order valence-electron chi connectivity index (χ0n) is 13.0. The number of H-pyrrole nitrogens is 1. The van der Waals surface area contributed by atoms with Gasteiger partial charge in [0.1, 0.15) is 18.9 Å². The molecule has 0 radical (unpaired) electrons. The van der Waals surface area contributed by atoms with Gasteiger partial charge in [-0.1, -0.05) is 6.07 Å². The highest BCUT2D eigenvalue weighted by Crippen LogP contribution is 2.37. The van der Waals surface area contributed by atoms with Crippen molar-refractivity contribution in [2.24, 2.45) is 0 Å². The normalized spacial score (nSPS) is 12.9. The van der Waals surface area contributed by atoms with Crippen molar-refractivity contribution in [3.05, 3.63) is 46.5 Å². The molecular formula is C17H15N3O3S. The number of ether oxygens (including phenoxy) is 2. The van der Waals surface area contributed by atoms with Crippen LogP contribution in [-0.2, 0) is 0 Å². The lowest BCUT2D eigenvalue weighted by atomic mass is 10.2. The minimum absolute atomic E-state index is 0.240.